The Bertz CT molecular complexity index is 715. The number of H-pyrrole nitrogens is 1. The van der Waals surface area contributed by atoms with Crippen molar-refractivity contribution in [3.63, 3.8) is 0 Å². The quantitative estimate of drug-likeness (QED) is 0.789. The fourth-order valence-corrected chi connectivity index (χ4v) is 2.17. The first-order valence-corrected chi connectivity index (χ1v) is 7.69. The van der Waals surface area contributed by atoms with E-state index in [4.69, 9.17) is 4.74 Å². The summed E-state index contributed by atoms with van der Waals surface area (Å²) in [7, 11) is 1.56. The summed E-state index contributed by atoms with van der Waals surface area (Å²) in [4.78, 5) is 25.2. The molecular formula is C17H20FN3O3. The number of aromatic nitrogens is 2. The SMILES string of the molecule is CCCc1cc(C(=O)OCC(=O)N(C)Cc2cccc(F)c2)n[nH]1. The van der Waals surface area contributed by atoms with Crippen molar-refractivity contribution in [2.24, 2.45) is 0 Å². The third-order valence-corrected chi connectivity index (χ3v) is 3.42. The predicted molar refractivity (Wildman–Crippen MR) is 85.7 cm³/mol. The van der Waals surface area contributed by atoms with Gasteiger partial charge < -0.3 is 9.64 Å². The summed E-state index contributed by atoms with van der Waals surface area (Å²) in [5, 5.41) is 6.62. The number of likely N-dealkylation sites (N-methyl/N-ethyl adjacent to an activating group) is 1. The monoisotopic (exact) mass is 333 g/mol. The van der Waals surface area contributed by atoms with Gasteiger partial charge in [0.05, 0.1) is 0 Å². The van der Waals surface area contributed by atoms with Gasteiger partial charge in [-0.15, -0.1) is 0 Å². The average Bonchev–Trinajstić information content (AvgIpc) is 3.01. The van der Waals surface area contributed by atoms with Gasteiger partial charge >= 0.3 is 5.97 Å². The lowest BCUT2D eigenvalue weighted by atomic mass is 10.2. The summed E-state index contributed by atoms with van der Waals surface area (Å²) < 4.78 is 18.1. The first-order valence-electron chi connectivity index (χ1n) is 7.69. The fraction of sp³-hybridized carbons (Fsp3) is 0.353. The molecule has 0 spiro atoms. The molecule has 0 aliphatic carbocycles. The summed E-state index contributed by atoms with van der Waals surface area (Å²) in [6.45, 7) is 1.86. The molecule has 1 aromatic heterocycles. The molecule has 2 rings (SSSR count). The summed E-state index contributed by atoms with van der Waals surface area (Å²) in [6, 6.07) is 7.61. The molecule has 0 bridgehead atoms. The van der Waals surface area contributed by atoms with Gasteiger partial charge in [-0.25, -0.2) is 9.18 Å². The lowest BCUT2D eigenvalue weighted by Crippen LogP contribution is -2.30. The van der Waals surface area contributed by atoms with Crippen LogP contribution in [-0.4, -0.2) is 40.6 Å². The number of nitrogens with zero attached hydrogens (tertiary/aromatic N) is 2. The maximum absolute atomic E-state index is 13.1. The number of hydrogen-bond donors (Lipinski definition) is 1. The van der Waals surface area contributed by atoms with E-state index in [0.717, 1.165) is 18.5 Å². The summed E-state index contributed by atoms with van der Waals surface area (Å²) in [6.07, 6.45) is 1.72. The number of aromatic amines is 1. The van der Waals surface area contributed by atoms with E-state index in [9.17, 15) is 14.0 Å². The van der Waals surface area contributed by atoms with Crippen molar-refractivity contribution >= 4 is 11.9 Å². The molecule has 1 N–H and O–H groups in total. The number of amides is 1. The number of halogens is 1. The van der Waals surface area contributed by atoms with Crippen molar-refractivity contribution < 1.29 is 18.7 Å². The first kappa shape index (κ1) is 17.7. The molecule has 1 aromatic carbocycles. The minimum Gasteiger partial charge on any atom is -0.451 e. The Morgan fingerprint density at radius 1 is 1.33 bits per heavy atom. The van der Waals surface area contributed by atoms with E-state index in [0.29, 0.717) is 5.56 Å². The molecule has 7 heteroatoms. The molecule has 0 atom stereocenters. The van der Waals surface area contributed by atoms with Crippen molar-refractivity contribution in [2.45, 2.75) is 26.3 Å². The Morgan fingerprint density at radius 3 is 2.83 bits per heavy atom. The van der Waals surface area contributed by atoms with E-state index in [1.165, 1.54) is 17.0 Å². The van der Waals surface area contributed by atoms with Gasteiger partial charge in [0, 0.05) is 19.3 Å². The zero-order chi connectivity index (χ0) is 17.5. The maximum Gasteiger partial charge on any atom is 0.359 e. The Kier molecular flexibility index (Phi) is 6.06. The molecule has 0 radical (unpaired) electrons. The molecule has 2 aromatic rings. The zero-order valence-electron chi connectivity index (χ0n) is 13.7. The van der Waals surface area contributed by atoms with Crippen LogP contribution in [0, 0.1) is 5.82 Å². The lowest BCUT2D eigenvalue weighted by molar-refractivity contribution is -0.133. The minimum atomic E-state index is -0.652. The molecule has 24 heavy (non-hydrogen) atoms. The third-order valence-electron chi connectivity index (χ3n) is 3.42. The van der Waals surface area contributed by atoms with E-state index in [2.05, 4.69) is 10.2 Å². The van der Waals surface area contributed by atoms with Crippen LogP contribution in [0.3, 0.4) is 0 Å². The fourth-order valence-electron chi connectivity index (χ4n) is 2.17. The molecule has 128 valence electrons. The van der Waals surface area contributed by atoms with Crippen molar-refractivity contribution in [2.75, 3.05) is 13.7 Å². The Balaban J connectivity index is 1.83. The van der Waals surface area contributed by atoms with E-state index in [1.54, 1.807) is 25.2 Å². The standard InChI is InChI=1S/C17H20FN3O3/c1-3-5-14-9-15(20-19-14)17(23)24-11-16(22)21(2)10-12-6-4-7-13(18)8-12/h4,6-9H,3,5,10-11H2,1-2H3,(H,19,20). The summed E-state index contributed by atoms with van der Waals surface area (Å²) in [5.74, 6) is -1.39. The van der Waals surface area contributed by atoms with Crippen LogP contribution in [0.4, 0.5) is 4.39 Å². The van der Waals surface area contributed by atoms with Crippen LogP contribution in [0.15, 0.2) is 30.3 Å². The van der Waals surface area contributed by atoms with Crippen LogP contribution in [0.5, 0.6) is 0 Å². The van der Waals surface area contributed by atoms with Crippen LogP contribution >= 0.6 is 0 Å². The number of benzene rings is 1. The van der Waals surface area contributed by atoms with Crippen LogP contribution < -0.4 is 0 Å². The van der Waals surface area contributed by atoms with Crippen molar-refractivity contribution in [3.8, 4) is 0 Å². The summed E-state index contributed by atoms with van der Waals surface area (Å²) in [5.41, 5.74) is 1.66. The second-order valence-corrected chi connectivity index (χ2v) is 5.48. The normalized spacial score (nSPS) is 10.5. The molecule has 1 heterocycles. The number of carbonyl (C=O) groups excluding carboxylic acids is 2. The molecule has 0 saturated heterocycles. The van der Waals surface area contributed by atoms with Gasteiger partial charge in [-0.2, -0.15) is 5.10 Å². The molecule has 6 nitrogen and oxygen atoms in total. The number of rotatable bonds is 7. The van der Waals surface area contributed by atoms with E-state index in [1.807, 2.05) is 6.92 Å². The third kappa shape index (κ3) is 4.91. The number of carbonyl (C=O) groups is 2. The number of hydrogen-bond acceptors (Lipinski definition) is 4. The van der Waals surface area contributed by atoms with Crippen molar-refractivity contribution in [1.29, 1.82) is 0 Å². The molecule has 0 fully saturated rings. The largest absolute Gasteiger partial charge is 0.451 e. The minimum absolute atomic E-state index is 0.152. The van der Waals surface area contributed by atoms with Crippen LogP contribution in [0.2, 0.25) is 0 Å². The lowest BCUT2D eigenvalue weighted by Gasteiger charge is -2.17. The van der Waals surface area contributed by atoms with Crippen LogP contribution in [0.1, 0.15) is 35.1 Å². The smallest absolute Gasteiger partial charge is 0.359 e. The Labute approximate surface area is 139 Å². The van der Waals surface area contributed by atoms with E-state index in [-0.39, 0.29) is 30.6 Å². The van der Waals surface area contributed by atoms with Gasteiger partial charge in [-0.1, -0.05) is 25.5 Å². The highest BCUT2D eigenvalue weighted by atomic mass is 19.1. The maximum atomic E-state index is 13.1. The number of esters is 1. The van der Waals surface area contributed by atoms with Crippen LogP contribution in [0.25, 0.3) is 0 Å². The first-order chi connectivity index (χ1) is 11.5. The zero-order valence-corrected chi connectivity index (χ0v) is 13.7. The van der Waals surface area contributed by atoms with Gasteiger partial charge in [-0.3, -0.25) is 9.89 Å². The van der Waals surface area contributed by atoms with Gasteiger partial charge in [0.25, 0.3) is 5.91 Å². The Morgan fingerprint density at radius 2 is 2.12 bits per heavy atom. The highest BCUT2D eigenvalue weighted by molar-refractivity contribution is 5.89. The molecule has 0 unspecified atom stereocenters. The molecule has 0 saturated carbocycles. The van der Waals surface area contributed by atoms with Crippen molar-refractivity contribution in [3.05, 3.63) is 53.1 Å². The summed E-state index contributed by atoms with van der Waals surface area (Å²) >= 11 is 0. The van der Waals surface area contributed by atoms with Gasteiger partial charge in [0.1, 0.15) is 5.82 Å². The van der Waals surface area contributed by atoms with Crippen LogP contribution in [-0.2, 0) is 22.5 Å². The predicted octanol–water partition coefficient (Wildman–Crippen LogP) is 2.32. The highest BCUT2D eigenvalue weighted by Crippen LogP contribution is 2.07. The average molecular weight is 333 g/mol. The van der Waals surface area contributed by atoms with Gasteiger partial charge in [0.15, 0.2) is 12.3 Å². The van der Waals surface area contributed by atoms with Crippen molar-refractivity contribution in [1.82, 2.24) is 15.1 Å². The topological polar surface area (TPSA) is 75.3 Å². The molecule has 0 aliphatic heterocycles. The highest BCUT2D eigenvalue weighted by Gasteiger charge is 2.16. The molecule has 0 aliphatic rings. The second-order valence-electron chi connectivity index (χ2n) is 5.48. The number of ether oxygens (including phenoxy) is 1. The molecular weight excluding hydrogens is 313 g/mol. The number of aryl methyl sites for hydroxylation is 1. The Hall–Kier alpha value is -2.70. The second kappa shape index (κ2) is 8.24. The van der Waals surface area contributed by atoms with E-state index < -0.39 is 5.97 Å². The van der Waals surface area contributed by atoms with Gasteiger partial charge in [-0.05, 0) is 30.2 Å². The number of nitrogens with one attached hydrogen (secondary N) is 1. The van der Waals surface area contributed by atoms with E-state index >= 15 is 0 Å². The van der Waals surface area contributed by atoms with Gasteiger partial charge in [0.2, 0.25) is 0 Å². The molecule has 1 amide bonds.